The van der Waals surface area contributed by atoms with Crippen LogP contribution in [0.15, 0.2) is 0 Å². The summed E-state index contributed by atoms with van der Waals surface area (Å²) in [7, 11) is 0. The van der Waals surface area contributed by atoms with Crippen molar-refractivity contribution in [3.05, 3.63) is 0 Å². The van der Waals surface area contributed by atoms with Crippen LogP contribution in [0.1, 0.15) is 79.1 Å². The molecule has 124 valence electrons. The van der Waals surface area contributed by atoms with Gasteiger partial charge < -0.3 is 9.84 Å². The lowest BCUT2D eigenvalue weighted by Gasteiger charge is -2.61. The monoisotopic (exact) mass is 304 g/mol. The molecule has 1 saturated heterocycles. The first-order valence-corrected chi connectivity index (χ1v) is 9.57. The van der Waals surface area contributed by atoms with Gasteiger partial charge in [-0.05, 0) is 74.5 Å². The number of rotatable bonds is 0. The van der Waals surface area contributed by atoms with E-state index in [1.165, 1.54) is 44.9 Å². The summed E-state index contributed by atoms with van der Waals surface area (Å²) in [5.41, 5.74) is 0.756. The van der Waals surface area contributed by atoms with E-state index in [-0.39, 0.29) is 5.60 Å². The van der Waals surface area contributed by atoms with Crippen molar-refractivity contribution in [1.82, 2.24) is 0 Å². The molecule has 0 unspecified atom stereocenters. The van der Waals surface area contributed by atoms with E-state index in [1.54, 1.807) is 0 Å². The first kappa shape index (κ1) is 14.3. The molecule has 5 aliphatic rings. The zero-order valence-corrected chi connectivity index (χ0v) is 14.7. The topological polar surface area (TPSA) is 32.8 Å². The summed E-state index contributed by atoms with van der Waals surface area (Å²) in [4.78, 5) is 0. The zero-order chi connectivity index (χ0) is 15.6. The van der Waals surface area contributed by atoms with Crippen LogP contribution in [-0.2, 0) is 4.74 Å². The van der Waals surface area contributed by atoms with E-state index in [9.17, 15) is 5.11 Å². The molecule has 7 atom stereocenters. The average Bonchev–Trinajstić information content (AvgIpc) is 3.07. The molecule has 22 heavy (non-hydrogen) atoms. The molecular weight excluding hydrogens is 272 g/mol. The van der Waals surface area contributed by atoms with Gasteiger partial charge in [-0.25, -0.2) is 0 Å². The molecule has 5 rings (SSSR count). The molecule has 1 heterocycles. The molecule has 1 aliphatic heterocycles. The van der Waals surface area contributed by atoms with Crippen LogP contribution in [0, 0.1) is 28.1 Å². The van der Waals surface area contributed by atoms with Crippen LogP contribution in [0.5, 0.6) is 0 Å². The third kappa shape index (κ3) is 1.30. The maximum atomic E-state index is 10.9. The Kier molecular flexibility index (Phi) is 2.35. The summed E-state index contributed by atoms with van der Waals surface area (Å²) < 4.78 is 6.61. The van der Waals surface area contributed by atoms with E-state index >= 15 is 0 Å². The Hall–Kier alpha value is -0.0800. The number of epoxide rings is 1. The Balaban J connectivity index is 1.62. The van der Waals surface area contributed by atoms with Gasteiger partial charge in [0.25, 0.3) is 0 Å². The Morgan fingerprint density at radius 1 is 1.00 bits per heavy atom. The average molecular weight is 304 g/mol. The highest BCUT2D eigenvalue weighted by Crippen LogP contribution is 2.80. The number of fused-ring (bicyclic) bond motifs is 2. The van der Waals surface area contributed by atoms with E-state index in [2.05, 4.69) is 27.7 Å². The predicted octanol–water partition coefficient (Wildman–Crippen LogP) is 4.30. The summed E-state index contributed by atoms with van der Waals surface area (Å²) in [6.45, 7) is 9.59. The van der Waals surface area contributed by atoms with Gasteiger partial charge in [0.1, 0.15) is 5.60 Å². The van der Waals surface area contributed by atoms with Crippen LogP contribution in [-0.4, -0.2) is 22.4 Å². The van der Waals surface area contributed by atoms with Gasteiger partial charge in [0.05, 0.1) is 11.7 Å². The predicted molar refractivity (Wildman–Crippen MR) is 86.5 cm³/mol. The number of hydrogen-bond donors (Lipinski definition) is 1. The first-order chi connectivity index (χ1) is 10.2. The highest BCUT2D eigenvalue weighted by Gasteiger charge is 2.82. The number of aliphatic hydroxyl groups is 1. The van der Waals surface area contributed by atoms with Crippen molar-refractivity contribution >= 4 is 0 Å². The summed E-state index contributed by atoms with van der Waals surface area (Å²) >= 11 is 0. The third-order valence-corrected chi connectivity index (χ3v) is 9.22. The number of ether oxygens (including phenoxy) is 1. The summed E-state index contributed by atoms with van der Waals surface area (Å²) in [5.74, 6) is 1.30. The van der Waals surface area contributed by atoms with E-state index in [0.717, 1.165) is 12.3 Å². The van der Waals surface area contributed by atoms with Crippen molar-refractivity contribution in [2.45, 2.75) is 96.4 Å². The van der Waals surface area contributed by atoms with E-state index in [0.29, 0.717) is 28.3 Å². The fraction of sp³-hybridized carbons (Fsp3) is 1.00. The standard InChI is InChI=1S/C20H32O2/c1-16(2)8-5-9-17(3)14-7-6-13-10-19(14,12-18(13,4)21)11-15-20(16,17)22-15/h13-15,21H,5-12H2,1-4H3/t13-,14+,15-,17+,18-,19-,20+/m1/s1. The van der Waals surface area contributed by atoms with Crippen molar-refractivity contribution in [1.29, 1.82) is 0 Å². The maximum absolute atomic E-state index is 10.9. The molecule has 4 saturated carbocycles. The van der Waals surface area contributed by atoms with Gasteiger partial charge in [0.2, 0.25) is 0 Å². The van der Waals surface area contributed by atoms with Gasteiger partial charge in [-0.2, -0.15) is 0 Å². The van der Waals surface area contributed by atoms with Gasteiger partial charge in [-0.1, -0.05) is 27.2 Å². The van der Waals surface area contributed by atoms with Crippen molar-refractivity contribution in [3.8, 4) is 0 Å². The molecule has 0 amide bonds. The van der Waals surface area contributed by atoms with Gasteiger partial charge in [0, 0.05) is 5.41 Å². The van der Waals surface area contributed by atoms with Crippen molar-refractivity contribution in [2.75, 3.05) is 0 Å². The van der Waals surface area contributed by atoms with Crippen LogP contribution in [0.25, 0.3) is 0 Å². The minimum Gasteiger partial charge on any atom is -0.390 e. The Morgan fingerprint density at radius 3 is 2.55 bits per heavy atom. The van der Waals surface area contributed by atoms with Crippen molar-refractivity contribution < 1.29 is 9.84 Å². The van der Waals surface area contributed by atoms with Crippen LogP contribution in [0.3, 0.4) is 0 Å². The number of hydrogen-bond acceptors (Lipinski definition) is 2. The van der Waals surface area contributed by atoms with Crippen LogP contribution >= 0.6 is 0 Å². The summed E-state index contributed by atoms with van der Waals surface area (Å²) in [6.07, 6.45) is 10.6. The molecule has 2 heteroatoms. The van der Waals surface area contributed by atoms with Gasteiger partial charge in [-0.15, -0.1) is 0 Å². The zero-order valence-electron chi connectivity index (χ0n) is 14.7. The Bertz CT molecular complexity index is 538. The molecular formula is C20H32O2. The summed E-state index contributed by atoms with van der Waals surface area (Å²) in [5, 5.41) is 10.9. The SMILES string of the molecule is CC1(C)CCC[C@@]2(C)[C@@H]3CC[C@@H]4C[C@@]3(C[C@H]3O[C@@]312)C[C@@]4(C)O. The smallest absolute Gasteiger partial charge is 0.105 e. The van der Waals surface area contributed by atoms with Crippen molar-refractivity contribution in [2.24, 2.45) is 28.1 Å². The van der Waals surface area contributed by atoms with E-state index in [4.69, 9.17) is 4.74 Å². The molecule has 2 nitrogen and oxygen atoms in total. The quantitative estimate of drug-likeness (QED) is 0.677. The second kappa shape index (κ2) is 3.61. The van der Waals surface area contributed by atoms with Gasteiger partial charge in [0.15, 0.2) is 0 Å². The molecule has 5 fully saturated rings. The molecule has 0 aromatic heterocycles. The van der Waals surface area contributed by atoms with Crippen LogP contribution < -0.4 is 0 Å². The minimum absolute atomic E-state index is 0.148. The largest absolute Gasteiger partial charge is 0.390 e. The second-order valence-corrected chi connectivity index (χ2v) is 10.6. The fourth-order valence-corrected chi connectivity index (χ4v) is 8.60. The minimum atomic E-state index is -0.426. The Labute approximate surface area is 135 Å². The Morgan fingerprint density at radius 2 is 1.77 bits per heavy atom. The third-order valence-electron chi connectivity index (χ3n) is 9.22. The first-order valence-electron chi connectivity index (χ1n) is 9.57. The lowest BCUT2D eigenvalue weighted by atomic mass is 9.41. The van der Waals surface area contributed by atoms with E-state index < -0.39 is 5.60 Å². The second-order valence-electron chi connectivity index (χ2n) is 10.6. The van der Waals surface area contributed by atoms with Gasteiger partial charge >= 0.3 is 0 Å². The van der Waals surface area contributed by atoms with Crippen LogP contribution in [0.2, 0.25) is 0 Å². The lowest BCUT2D eigenvalue weighted by molar-refractivity contribution is -0.129. The highest BCUT2D eigenvalue weighted by atomic mass is 16.6. The maximum Gasteiger partial charge on any atom is 0.105 e. The molecule has 2 bridgehead atoms. The molecule has 2 spiro atoms. The van der Waals surface area contributed by atoms with Gasteiger partial charge in [-0.3, -0.25) is 0 Å². The van der Waals surface area contributed by atoms with E-state index in [1.807, 2.05) is 0 Å². The fourth-order valence-electron chi connectivity index (χ4n) is 8.60. The van der Waals surface area contributed by atoms with Crippen LogP contribution in [0.4, 0.5) is 0 Å². The molecule has 0 aromatic carbocycles. The highest BCUT2D eigenvalue weighted by molar-refractivity contribution is 5.30. The van der Waals surface area contributed by atoms with Crippen molar-refractivity contribution in [3.63, 3.8) is 0 Å². The lowest BCUT2D eigenvalue weighted by Crippen LogP contribution is -2.62. The molecule has 0 aromatic rings. The molecule has 1 N–H and O–H groups in total. The molecule has 4 aliphatic carbocycles. The molecule has 0 radical (unpaired) electrons. The normalized spacial score (nSPS) is 64.5. The summed E-state index contributed by atoms with van der Waals surface area (Å²) in [6, 6.07) is 0.